The fourth-order valence-electron chi connectivity index (χ4n) is 2.29. The zero-order chi connectivity index (χ0) is 13.1. The molecule has 0 bridgehead atoms. The van der Waals surface area contributed by atoms with Gasteiger partial charge in [0, 0.05) is 25.8 Å². The molecule has 2 N–H and O–H groups in total. The summed E-state index contributed by atoms with van der Waals surface area (Å²) in [6.45, 7) is 3.17. The van der Waals surface area contributed by atoms with Gasteiger partial charge in [0.15, 0.2) is 0 Å². The monoisotopic (exact) mass is 248 g/mol. The maximum Gasteiger partial charge on any atom is 0.256 e. The first-order chi connectivity index (χ1) is 8.63. The predicted molar refractivity (Wildman–Crippen MR) is 71.7 cm³/mol. The van der Waals surface area contributed by atoms with E-state index in [9.17, 15) is 9.90 Å². The van der Waals surface area contributed by atoms with E-state index in [-0.39, 0.29) is 11.8 Å². The Kier molecular flexibility index (Phi) is 3.87. The van der Waals surface area contributed by atoms with Gasteiger partial charge in [0.2, 0.25) is 0 Å². The van der Waals surface area contributed by atoms with Gasteiger partial charge >= 0.3 is 0 Å². The van der Waals surface area contributed by atoms with Crippen LogP contribution in [0.4, 0.5) is 5.69 Å². The quantitative estimate of drug-likeness (QED) is 0.835. The summed E-state index contributed by atoms with van der Waals surface area (Å²) in [5, 5.41) is 12.9. The minimum absolute atomic E-state index is 0.00843. The van der Waals surface area contributed by atoms with Crippen molar-refractivity contribution < 1.29 is 9.90 Å². The fourth-order valence-corrected chi connectivity index (χ4v) is 2.29. The summed E-state index contributed by atoms with van der Waals surface area (Å²) in [6.07, 6.45) is 0.443. The van der Waals surface area contributed by atoms with Crippen molar-refractivity contribution in [3.63, 3.8) is 0 Å². The van der Waals surface area contributed by atoms with E-state index in [0.717, 1.165) is 18.7 Å². The molecule has 0 radical (unpaired) electrons. The summed E-state index contributed by atoms with van der Waals surface area (Å²) in [5.74, 6) is 0.263. The predicted octanol–water partition coefficient (Wildman–Crippen LogP) is 1.57. The molecule has 4 heteroatoms. The van der Waals surface area contributed by atoms with Crippen LogP contribution in [0, 0.1) is 5.92 Å². The van der Waals surface area contributed by atoms with Crippen LogP contribution in [0.5, 0.6) is 0 Å². The summed E-state index contributed by atoms with van der Waals surface area (Å²) in [7, 11) is 1.80. The normalized spacial score (nSPS) is 23.8. The van der Waals surface area contributed by atoms with Crippen LogP contribution in [-0.4, -0.2) is 42.2 Å². The van der Waals surface area contributed by atoms with Gasteiger partial charge in [-0.3, -0.25) is 4.79 Å². The lowest BCUT2D eigenvalue weighted by Gasteiger charge is -2.34. The molecular weight excluding hydrogens is 228 g/mol. The molecule has 0 spiro atoms. The standard InChI is InChI=1S/C14H20N2O2/c1-10-7-8-16(9-13(10)17)14(18)11-5-3-4-6-12(11)15-2/h3-6,10,13,15,17H,7-9H2,1-2H3. The van der Waals surface area contributed by atoms with Crippen molar-refractivity contribution in [1.29, 1.82) is 0 Å². The minimum Gasteiger partial charge on any atom is -0.391 e. The van der Waals surface area contributed by atoms with Crippen LogP contribution in [-0.2, 0) is 0 Å². The molecule has 1 amide bonds. The second-order valence-electron chi connectivity index (χ2n) is 4.88. The van der Waals surface area contributed by atoms with E-state index in [0.29, 0.717) is 12.1 Å². The van der Waals surface area contributed by atoms with Crippen LogP contribution in [0.15, 0.2) is 24.3 Å². The molecule has 0 aliphatic carbocycles. The maximum atomic E-state index is 12.4. The van der Waals surface area contributed by atoms with Gasteiger partial charge in [0.05, 0.1) is 11.7 Å². The van der Waals surface area contributed by atoms with Gasteiger partial charge < -0.3 is 15.3 Å². The van der Waals surface area contributed by atoms with E-state index in [1.54, 1.807) is 11.9 Å². The number of likely N-dealkylation sites (tertiary alicyclic amines) is 1. The highest BCUT2D eigenvalue weighted by atomic mass is 16.3. The number of nitrogens with one attached hydrogen (secondary N) is 1. The number of piperidine rings is 1. The molecule has 1 aliphatic rings. The van der Waals surface area contributed by atoms with Gasteiger partial charge in [-0.25, -0.2) is 0 Å². The van der Waals surface area contributed by atoms with E-state index in [1.165, 1.54) is 0 Å². The third kappa shape index (κ3) is 2.48. The first-order valence-electron chi connectivity index (χ1n) is 6.37. The fraction of sp³-hybridized carbons (Fsp3) is 0.500. The number of hydrogen-bond acceptors (Lipinski definition) is 3. The van der Waals surface area contributed by atoms with Gasteiger partial charge in [0.25, 0.3) is 5.91 Å². The number of carbonyl (C=O) groups is 1. The van der Waals surface area contributed by atoms with Gasteiger partial charge in [-0.1, -0.05) is 19.1 Å². The van der Waals surface area contributed by atoms with E-state index in [4.69, 9.17) is 0 Å². The third-order valence-electron chi connectivity index (χ3n) is 3.63. The van der Waals surface area contributed by atoms with Gasteiger partial charge in [0.1, 0.15) is 0 Å². The molecule has 1 heterocycles. The summed E-state index contributed by atoms with van der Waals surface area (Å²) >= 11 is 0. The summed E-state index contributed by atoms with van der Waals surface area (Å²) in [4.78, 5) is 14.1. The van der Waals surface area contributed by atoms with Crippen LogP contribution >= 0.6 is 0 Å². The largest absolute Gasteiger partial charge is 0.391 e. The third-order valence-corrected chi connectivity index (χ3v) is 3.63. The molecule has 0 aromatic heterocycles. The number of aliphatic hydroxyl groups is 1. The first-order valence-corrected chi connectivity index (χ1v) is 6.37. The zero-order valence-corrected chi connectivity index (χ0v) is 10.9. The molecular formula is C14H20N2O2. The van der Waals surface area contributed by atoms with Crippen LogP contribution in [0.25, 0.3) is 0 Å². The number of hydrogen-bond donors (Lipinski definition) is 2. The topological polar surface area (TPSA) is 52.6 Å². The van der Waals surface area contributed by atoms with Gasteiger partial charge in [-0.05, 0) is 24.5 Å². The van der Waals surface area contributed by atoms with Gasteiger partial charge in [-0.2, -0.15) is 0 Å². The van der Waals surface area contributed by atoms with Crippen LogP contribution in [0.3, 0.4) is 0 Å². The lowest BCUT2D eigenvalue weighted by atomic mass is 9.95. The Balaban J connectivity index is 2.16. The molecule has 2 unspecified atom stereocenters. The van der Waals surface area contributed by atoms with E-state index in [2.05, 4.69) is 5.32 Å². The molecule has 1 aliphatic heterocycles. The number of aliphatic hydroxyl groups excluding tert-OH is 1. The molecule has 2 atom stereocenters. The van der Waals surface area contributed by atoms with Crippen molar-refractivity contribution in [1.82, 2.24) is 4.90 Å². The van der Waals surface area contributed by atoms with E-state index in [1.807, 2.05) is 31.2 Å². The van der Waals surface area contributed by atoms with Crippen molar-refractivity contribution in [2.75, 3.05) is 25.5 Å². The number of anilines is 1. The summed E-state index contributed by atoms with van der Waals surface area (Å²) in [5.41, 5.74) is 1.50. The molecule has 1 aromatic carbocycles. The molecule has 0 saturated carbocycles. The average Bonchev–Trinajstić information content (AvgIpc) is 2.41. The van der Waals surface area contributed by atoms with Crippen molar-refractivity contribution in [3.8, 4) is 0 Å². The Morgan fingerprint density at radius 1 is 1.44 bits per heavy atom. The SMILES string of the molecule is CNc1ccccc1C(=O)N1CCC(C)C(O)C1. The molecule has 4 nitrogen and oxygen atoms in total. The number of amides is 1. The van der Waals surface area contributed by atoms with Crippen molar-refractivity contribution in [3.05, 3.63) is 29.8 Å². The lowest BCUT2D eigenvalue weighted by Crippen LogP contribution is -2.45. The van der Waals surface area contributed by atoms with Crippen LogP contribution < -0.4 is 5.32 Å². The summed E-state index contributed by atoms with van der Waals surface area (Å²) < 4.78 is 0. The number of β-amino-alcohol motifs (C(OH)–C–C–N with tert-alkyl or cyclic N) is 1. The molecule has 1 aromatic rings. The van der Waals surface area contributed by atoms with E-state index >= 15 is 0 Å². The lowest BCUT2D eigenvalue weighted by molar-refractivity contribution is 0.0249. The molecule has 98 valence electrons. The highest BCUT2D eigenvalue weighted by Gasteiger charge is 2.28. The molecule has 1 saturated heterocycles. The molecule has 18 heavy (non-hydrogen) atoms. The number of nitrogens with zero attached hydrogens (tertiary/aromatic N) is 1. The van der Waals surface area contributed by atoms with Crippen LogP contribution in [0.1, 0.15) is 23.7 Å². The number of para-hydroxylation sites is 1. The van der Waals surface area contributed by atoms with Gasteiger partial charge in [-0.15, -0.1) is 0 Å². The highest BCUT2D eigenvalue weighted by Crippen LogP contribution is 2.22. The van der Waals surface area contributed by atoms with Crippen molar-refractivity contribution >= 4 is 11.6 Å². The number of carbonyl (C=O) groups excluding carboxylic acids is 1. The van der Waals surface area contributed by atoms with Crippen molar-refractivity contribution in [2.24, 2.45) is 5.92 Å². The maximum absolute atomic E-state index is 12.4. The Hall–Kier alpha value is -1.55. The van der Waals surface area contributed by atoms with Crippen LogP contribution in [0.2, 0.25) is 0 Å². The molecule has 1 fully saturated rings. The second kappa shape index (κ2) is 5.40. The zero-order valence-electron chi connectivity index (χ0n) is 10.9. The average molecular weight is 248 g/mol. The molecule has 2 rings (SSSR count). The summed E-state index contributed by atoms with van der Waals surface area (Å²) in [6, 6.07) is 7.46. The minimum atomic E-state index is -0.413. The van der Waals surface area contributed by atoms with E-state index < -0.39 is 6.10 Å². The Morgan fingerprint density at radius 2 is 2.17 bits per heavy atom. The number of rotatable bonds is 2. The Bertz CT molecular complexity index is 434. The van der Waals surface area contributed by atoms with Crippen molar-refractivity contribution in [2.45, 2.75) is 19.4 Å². The first kappa shape index (κ1) is 12.9. The smallest absolute Gasteiger partial charge is 0.256 e. The Labute approximate surface area is 108 Å². The highest BCUT2D eigenvalue weighted by molar-refractivity contribution is 5.99. The Morgan fingerprint density at radius 3 is 2.83 bits per heavy atom. The number of benzene rings is 1. The second-order valence-corrected chi connectivity index (χ2v) is 4.88.